The number of nitrogens with one attached hydrogen (secondary N) is 2. The fraction of sp³-hybridized carbons (Fsp3) is 0.267. The molecule has 14 heteroatoms. The molecule has 1 heterocycles. The minimum Gasteiger partial charge on any atom is -0.467 e. The second-order valence-electron chi connectivity index (χ2n) is 5.32. The van der Waals surface area contributed by atoms with Gasteiger partial charge in [0.1, 0.15) is 5.82 Å². The molecule has 2 aromatic rings. The number of carbonyl (C=O) groups is 2. The van der Waals surface area contributed by atoms with Crippen LogP contribution in [-0.2, 0) is 12.4 Å². The van der Waals surface area contributed by atoms with Gasteiger partial charge in [0.25, 0.3) is 5.91 Å². The Morgan fingerprint density at radius 1 is 0.966 bits per heavy atom. The Bertz CT molecular complexity index is 913. The highest BCUT2D eigenvalue weighted by Gasteiger charge is 2.43. The van der Waals surface area contributed by atoms with Gasteiger partial charge in [0.05, 0.1) is 23.8 Å². The number of carbonyl (C=O) groups excluding carboxylic acids is 2. The highest BCUT2D eigenvalue weighted by atomic mass is 19.4. The molecule has 156 valence electrons. The van der Waals surface area contributed by atoms with E-state index in [1.807, 2.05) is 5.32 Å². The van der Waals surface area contributed by atoms with Gasteiger partial charge >= 0.3 is 24.4 Å². The summed E-state index contributed by atoms with van der Waals surface area (Å²) in [6.45, 7) is 1.40. The van der Waals surface area contributed by atoms with E-state index in [1.165, 1.54) is 19.4 Å². The summed E-state index contributed by atoms with van der Waals surface area (Å²) in [5, 5.41) is 3.30. The van der Waals surface area contributed by atoms with Crippen molar-refractivity contribution in [3.8, 4) is 6.01 Å². The van der Waals surface area contributed by atoms with Gasteiger partial charge in [-0.3, -0.25) is 15.4 Å². The van der Waals surface area contributed by atoms with Crippen molar-refractivity contribution in [1.29, 1.82) is 0 Å². The van der Waals surface area contributed by atoms with Crippen LogP contribution in [0.2, 0.25) is 0 Å². The van der Waals surface area contributed by atoms with Crippen molar-refractivity contribution in [2.24, 2.45) is 0 Å². The van der Waals surface area contributed by atoms with Crippen molar-refractivity contribution >= 4 is 17.9 Å². The van der Waals surface area contributed by atoms with Gasteiger partial charge in [-0.15, -0.1) is 0 Å². The first-order chi connectivity index (χ1) is 13.3. The van der Waals surface area contributed by atoms with Gasteiger partial charge < -0.3 is 4.74 Å². The van der Waals surface area contributed by atoms with Crippen LogP contribution in [0.1, 0.15) is 27.3 Å². The van der Waals surface area contributed by atoms with Crippen LogP contribution in [0.5, 0.6) is 6.01 Å². The van der Waals surface area contributed by atoms with E-state index in [4.69, 9.17) is 4.74 Å². The fourth-order valence-corrected chi connectivity index (χ4v) is 2.17. The Kier molecular flexibility index (Phi) is 5.94. The SMILES string of the molecule is COc1nc(C)nc(NC(=O)NC(=O)c2c(C(F)(F)F)cccc2C(F)(F)F)n1. The van der Waals surface area contributed by atoms with E-state index < -0.39 is 46.9 Å². The number of ether oxygens (including phenoxy) is 1. The van der Waals surface area contributed by atoms with Crippen molar-refractivity contribution in [2.45, 2.75) is 19.3 Å². The topological polar surface area (TPSA) is 106 Å². The van der Waals surface area contributed by atoms with E-state index in [1.54, 1.807) is 0 Å². The summed E-state index contributed by atoms with van der Waals surface area (Å²) in [5.74, 6) is -2.28. The number of methoxy groups -OCH3 is 1. The molecule has 1 aromatic heterocycles. The van der Waals surface area contributed by atoms with Crippen LogP contribution in [0, 0.1) is 6.92 Å². The molecule has 0 fully saturated rings. The molecule has 0 aliphatic heterocycles. The van der Waals surface area contributed by atoms with Crippen molar-refractivity contribution in [2.75, 3.05) is 12.4 Å². The lowest BCUT2D eigenvalue weighted by Crippen LogP contribution is -2.37. The van der Waals surface area contributed by atoms with Crippen molar-refractivity contribution in [3.05, 3.63) is 40.7 Å². The lowest BCUT2D eigenvalue weighted by atomic mass is 9.99. The van der Waals surface area contributed by atoms with E-state index >= 15 is 0 Å². The minimum absolute atomic E-state index is 0.0836. The Morgan fingerprint density at radius 2 is 1.52 bits per heavy atom. The number of hydrogen-bond donors (Lipinski definition) is 2. The molecular weight excluding hydrogens is 412 g/mol. The summed E-state index contributed by atoms with van der Waals surface area (Å²) < 4.78 is 83.3. The zero-order valence-corrected chi connectivity index (χ0v) is 14.6. The number of aromatic nitrogens is 3. The summed E-state index contributed by atoms with van der Waals surface area (Å²) in [5.41, 5.74) is -5.45. The van der Waals surface area contributed by atoms with Gasteiger partial charge in [0, 0.05) is 0 Å². The van der Waals surface area contributed by atoms with Gasteiger partial charge in [-0.25, -0.2) is 4.79 Å². The second-order valence-corrected chi connectivity index (χ2v) is 5.32. The van der Waals surface area contributed by atoms with E-state index in [0.717, 1.165) is 0 Å². The molecule has 0 spiro atoms. The van der Waals surface area contributed by atoms with Gasteiger partial charge in [0.2, 0.25) is 5.95 Å². The number of anilines is 1. The van der Waals surface area contributed by atoms with Crippen molar-refractivity contribution < 1.29 is 40.7 Å². The Morgan fingerprint density at radius 3 is 2.00 bits per heavy atom. The minimum atomic E-state index is -5.27. The number of amides is 3. The lowest BCUT2D eigenvalue weighted by molar-refractivity contribution is -0.143. The van der Waals surface area contributed by atoms with Crippen molar-refractivity contribution in [1.82, 2.24) is 20.3 Å². The van der Waals surface area contributed by atoms with Crippen LogP contribution >= 0.6 is 0 Å². The molecule has 0 saturated heterocycles. The Balaban J connectivity index is 2.35. The van der Waals surface area contributed by atoms with E-state index in [-0.39, 0.29) is 11.8 Å². The first-order valence-corrected chi connectivity index (χ1v) is 7.49. The zero-order chi connectivity index (χ0) is 22.0. The zero-order valence-electron chi connectivity index (χ0n) is 14.6. The molecule has 0 atom stereocenters. The maximum absolute atomic E-state index is 13.1. The van der Waals surface area contributed by atoms with Gasteiger partial charge in [-0.1, -0.05) is 6.07 Å². The molecule has 0 saturated carbocycles. The maximum Gasteiger partial charge on any atom is 0.417 e. The fourth-order valence-electron chi connectivity index (χ4n) is 2.17. The Hall–Kier alpha value is -3.45. The number of nitrogens with zero attached hydrogens (tertiary/aromatic N) is 3. The molecule has 3 amide bonds. The molecule has 2 rings (SSSR count). The van der Waals surface area contributed by atoms with Crippen LogP contribution in [-0.4, -0.2) is 34.0 Å². The average molecular weight is 423 g/mol. The van der Waals surface area contributed by atoms with Gasteiger partial charge in [0.15, 0.2) is 0 Å². The van der Waals surface area contributed by atoms with Crippen molar-refractivity contribution in [3.63, 3.8) is 0 Å². The number of imide groups is 1. The third kappa shape index (κ3) is 5.30. The second kappa shape index (κ2) is 7.89. The smallest absolute Gasteiger partial charge is 0.417 e. The van der Waals surface area contributed by atoms with Crippen LogP contribution < -0.4 is 15.4 Å². The third-order valence-corrected chi connectivity index (χ3v) is 3.26. The first kappa shape index (κ1) is 21.8. The predicted molar refractivity (Wildman–Crippen MR) is 84.0 cm³/mol. The van der Waals surface area contributed by atoms with Crippen LogP contribution in [0.4, 0.5) is 37.1 Å². The summed E-state index contributed by atoms with van der Waals surface area (Å²) in [7, 11) is 1.20. The highest BCUT2D eigenvalue weighted by Crippen LogP contribution is 2.39. The summed E-state index contributed by atoms with van der Waals surface area (Å²) in [6, 6.07) is -0.596. The molecule has 0 bridgehead atoms. The standard InChI is InChI=1S/C15H11F6N5O3/c1-6-22-11(26-13(23-6)29-2)25-12(28)24-10(27)9-7(14(16,17)18)4-3-5-8(9)15(19,20)21/h3-5H,1-2H3,(H2,22,23,24,25,26,27,28). The molecule has 2 N–H and O–H groups in total. The largest absolute Gasteiger partial charge is 0.467 e. The van der Waals surface area contributed by atoms with E-state index in [0.29, 0.717) is 18.2 Å². The molecule has 0 unspecified atom stereocenters. The van der Waals surface area contributed by atoms with Crippen LogP contribution in [0.3, 0.4) is 0 Å². The number of hydrogen-bond acceptors (Lipinski definition) is 6. The highest BCUT2D eigenvalue weighted by molar-refractivity contribution is 6.09. The molecule has 29 heavy (non-hydrogen) atoms. The number of rotatable bonds is 3. The normalized spacial score (nSPS) is 11.7. The van der Waals surface area contributed by atoms with E-state index in [2.05, 4.69) is 15.0 Å². The number of halogens is 6. The monoisotopic (exact) mass is 423 g/mol. The first-order valence-electron chi connectivity index (χ1n) is 7.49. The third-order valence-electron chi connectivity index (χ3n) is 3.26. The molecular formula is C15H11F6N5O3. The van der Waals surface area contributed by atoms with Gasteiger partial charge in [-0.2, -0.15) is 41.3 Å². The molecule has 0 radical (unpaired) electrons. The molecule has 8 nitrogen and oxygen atoms in total. The predicted octanol–water partition coefficient (Wildman–Crippen LogP) is 3.19. The number of urea groups is 1. The van der Waals surface area contributed by atoms with Crippen LogP contribution in [0.25, 0.3) is 0 Å². The number of alkyl halides is 6. The number of aryl methyl sites for hydroxylation is 1. The van der Waals surface area contributed by atoms with E-state index in [9.17, 15) is 35.9 Å². The Labute approximate surface area is 158 Å². The average Bonchev–Trinajstić information content (AvgIpc) is 2.58. The van der Waals surface area contributed by atoms with Gasteiger partial charge in [-0.05, 0) is 19.1 Å². The van der Waals surface area contributed by atoms with Crippen LogP contribution in [0.15, 0.2) is 18.2 Å². The molecule has 0 aliphatic carbocycles. The summed E-state index contributed by atoms with van der Waals surface area (Å²) >= 11 is 0. The molecule has 1 aromatic carbocycles. The summed E-state index contributed by atoms with van der Waals surface area (Å²) in [4.78, 5) is 35.0. The molecule has 0 aliphatic rings. The lowest BCUT2D eigenvalue weighted by Gasteiger charge is -2.17. The number of benzene rings is 1. The summed E-state index contributed by atoms with van der Waals surface area (Å²) in [6.07, 6.45) is -10.5. The maximum atomic E-state index is 13.1. The quantitative estimate of drug-likeness (QED) is 0.735.